The molecular weight excluding hydrogens is 969 g/mol. The number of amides is 4. The molecule has 0 saturated carbocycles. The Labute approximate surface area is 452 Å². The molecule has 0 radical (unpaired) electrons. The molecule has 0 aliphatic heterocycles. The number of urea groups is 1. The van der Waals surface area contributed by atoms with Crippen molar-refractivity contribution in [3.63, 3.8) is 0 Å². The van der Waals surface area contributed by atoms with Gasteiger partial charge in [0, 0.05) is 33.3 Å². The van der Waals surface area contributed by atoms with E-state index in [4.69, 9.17) is 0 Å². The van der Waals surface area contributed by atoms with Gasteiger partial charge in [-0.2, -0.15) is 0 Å². The Balaban J connectivity index is 0.00000352. The molecule has 0 unspecified atom stereocenters. The van der Waals surface area contributed by atoms with Gasteiger partial charge in [0.15, 0.2) is 0 Å². The smallest absolute Gasteiger partial charge is 0.744 e. The summed E-state index contributed by atoms with van der Waals surface area (Å²) in [6.45, 7) is 0. The number of rotatable bonds is 10. The Hall–Kier alpha value is -2.71. The van der Waals surface area contributed by atoms with E-state index in [0.29, 0.717) is 48.5 Å². The van der Waals surface area contributed by atoms with Crippen LogP contribution in [0.15, 0.2) is 117 Å². The third kappa shape index (κ3) is 13.7. The van der Waals surface area contributed by atoms with Crippen molar-refractivity contribution < 1.29 is 195 Å². The molecule has 4 amide bonds. The van der Waals surface area contributed by atoms with Gasteiger partial charge in [0.25, 0.3) is 11.8 Å². The number of carbonyl (C=O) groups is 3. The summed E-state index contributed by atoms with van der Waals surface area (Å²) in [5.41, 5.74) is -1.28. The molecular formula is C35H22N4Na4O17S4. The summed E-state index contributed by atoms with van der Waals surface area (Å²) in [6.07, 6.45) is 0. The Bertz CT molecular complexity index is 3100. The maximum Gasteiger partial charge on any atom is 1.00 e. The fourth-order valence-electron chi connectivity index (χ4n) is 5.81. The molecule has 0 heterocycles. The second-order valence-corrected chi connectivity index (χ2v) is 18.0. The summed E-state index contributed by atoms with van der Waals surface area (Å²) < 4.78 is 140. The minimum atomic E-state index is -5.22. The zero-order valence-corrected chi connectivity index (χ0v) is 44.7. The molecule has 6 N–H and O–H groups in total. The van der Waals surface area contributed by atoms with Crippen LogP contribution >= 0.6 is 0 Å². The van der Waals surface area contributed by atoms with Crippen molar-refractivity contribution in [3.8, 4) is 11.5 Å². The van der Waals surface area contributed by atoms with Gasteiger partial charge in [0.2, 0.25) is 0 Å². The SMILES string of the molecule is O=C(Nc1cccc(C(=O)Nc2cc(S(=O)(=O)[O-])cc3cc(S(=O)(=O)[O-])cc(O)c23)c1)Nc1cccc(C(=O)Nc2cc(S(=O)(=O)[O-])cc3cc(S(=O)(=O)[O-])cc(O)c23)c1.[Na+].[Na+].[Na+].[Na+]. The van der Waals surface area contributed by atoms with Crippen molar-refractivity contribution in [2.45, 2.75) is 19.6 Å². The van der Waals surface area contributed by atoms with E-state index < -0.39 is 112 Å². The summed E-state index contributed by atoms with van der Waals surface area (Å²) in [6, 6.07) is 14.6. The van der Waals surface area contributed by atoms with Crippen LogP contribution in [0, 0.1) is 0 Å². The summed E-state index contributed by atoms with van der Waals surface area (Å²) in [5.74, 6) is -3.66. The number of aromatic hydroxyl groups is 2. The third-order valence-corrected chi connectivity index (χ3v) is 11.6. The number of anilines is 4. The van der Waals surface area contributed by atoms with E-state index in [9.17, 15) is 76.5 Å². The van der Waals surface area contributed by atoms with Crippen LogP contribution < -0.4 is 139 Å². The van der Waals surface area contributed by atoms with Crippen LogP contribution in [0.2, 0.25) is 0 Å². The fraction of sp³-hybridized carbons (Fsp3) is 0. The van der Waals surface area contributed by atoms with Gasteiger partial charge < -0.3 is 49.7 Å². The van der Waals surface area contributed by atoms with Crippen LogP contribution in [0.25, 0.3) is 21.5 Å². The quantitative estimate of drug-likeness (QED) is 0.0548. The van der Waals surface area contributed by atoms with E-state index >= 15 is 0 Å². The van der Waals surface area contributed by atoms with Crippen LogP contribution in [0.3, 0.4) is 0 Å². The second kappa shape index (κ2) is 21.9. The fourth-order valence-corrected chi connectivity index (χ4v) is 7.93. The molecule has 29 heteroatoms. The van der Waals surface area contributed by atoms with Crippen LogP contribution in [-0.4, -0.2) is 79.9 Å². The molecule has 6 rings (SSSR count). The number of benzene rings is 6. The predicted molar refractivity (Wildman–Crippen MR) is 205 cm³/mol. The normalized spacial score (nSPS) is 11.4. The third-order valence-electron chi connectivity index (χ3n) is 8.37. The number of phenols is 2. The molecule has 0 spiro atoms. The van der Waals surface area contributed by atoms with Crippen LogP contribution in [0.1, 0.15) is 20.7 Å². The molecule has 0 fully saturated rings. The first-order valence-electron chi connectivity index (χ1n) is 16.1. The molecule has 0 atom stereocenters. The van der Waals surface area contributed by atoms with E-state index in [0.717, 1.165) is 12.1 Å². The van der Waals surface area contributed by atoms with Gasteiger partial charge in [-0.25, -0.2) is 38.5 Å². The summed E-state index contributed by atoms with van der Waals surface area (Å²) in [5, 5.41) is 29.1. The Morgan fingerprint density at radius 3 is 1.02 bits per heavy atom. The molecule has 0 saturated heterocycles. The molecule has 21 nitrogen and oxygen atoms in total. The maximum absolute atomic E-state index is 13.3. The van der Waals surface area contributed by atoms with Crippen molar-refractivity contribution in [1.29, 1.82) is 0 Å². The summed E-state index contributed by atoms with van der Waals surface area (Å²) in [7, 11) is -20.7. The van der Waals surface area contributed by atoms with E-state index in [1.807, 2.05) is 0 Å². The number of hydrogen-bond acceptors (Lipinski definition) is 17. The van der Waals surface area contributed by atoms with Gasteiger partial charge in [-0.05, 0) is 95.7 Å². The summed E-state index contributed by atoms with van der Waals surface area (Å²) in [4.78, 5) is 35.8. The minimum absolute atomic E-state index is 0. The average molecular weight is 991 g/mol. The number of phenolic OH excluding ortho intramolecular Hbond substituents is 2. The van der Waals surface area contributed by atoms with Crippen molar-refractivity contribution in [2.75, 3.05) is 21.3 Å². The maximum atomic E-state index is 13.3. The zero-order chi connectivity index (χ0) is 44.1. The second-order valence-electron chi connectivity index (χ2n) is 12.5. The van der Waals surface area contributed by atoms with Gasteiger partial charge in [0.05, 0.1) is 31.0 Å². The average Bonchev–Trinajstić information content (AvgIpc) is 3.12. The molecule has 6 aromatic carbocycles. The molecule has 0 aliphatic rings. The molecule has 0 aromatic heterocycles. The van der Waals surface area contributed by atoms with E-state index in [2.05, 4.69) is 21.3 Å². The summed E-state index contributed by atoms with van der Waals surface area (Å²) >= 11 is 0. The van der Waals surface area contributed by atoms with Crippen molar-refractivity contribution in [3.05, 3.63) is 108 Å². The monoisotopic (exact) mass is 990 g/mol. The first-order chi connectivity index (χ1) is 27.8. The number of carbonyl (C=O) groups excluding carboxylic acids is 3. The largest absolute Gasteiger partial charge is 1.00 e. The Morgan fingerprint density at radius 2 is 0.719 bits per heavy atom. The van der Waals surface area contributed by atoms with Crippen LogP contribution in [0.5, 0.6) is 11.5 Å². The van der Waals surface area contributed by atoms with Gasteiger partial charge in [-0.1, -0.05) is 12.1 Å². The Kier molecular flexibility index (Phi) is 19.7. The number of hydrogen-bond donors (Lipinski definition) is 6. The van der Waals surface area contributed by atoms with E-state index in [1.165, 1.54) is 36.4 Å². The van der Waals surface area contributed by atoms with Crippen LogP contribution in [0.4, 0.5) is 27.5 Å². The van der Waals surface area contributed by atoms with Crippen molar-refractivity contribution >= 4 is 103 Å². The molecule has 0 aliphatic carbocycles. The van der Waals surface area contributed by atoms with Gasteiger partial charge in [0.1, 0.15) is 52.0 Å². The van der Waals surface area contributed by atoms with Crippen molar-refractivity contribution in [2.24, 2.45) is 0 Å². The van der Waals surface area contributed by atoms with Crippen molar-refractivity contribution in [1.82, 2.24) is 0 Å². The zero-order valence-electron chi connectivity index (χ0n) is 33.4. The van der Waals surface area contributed by atoms with Gasteiger partial charge in [-0.15, -0.1) is 0 Å². The van der Waals surface area contributed by atoms with E-state index in [1.54, 1.807) is 0 Å². The topological polar surface area (TPSA) is 369 Å². The first-order valence-corrected chi connectivity index (χ1v) is 21.8. The Morgan fingerprint density at radius 1 is 0.422 bits per heavy atom. The van der Waals surface area contributed by atoms with Gasteiger partial charge in [-0.3, -0.25) is 9.59 Å². The molecule has 312 valence electrons. The predicted octanol–water partition coefficient (Wildman–Crippen LogP) is -8.81. The molecule has 64 heavy (non-hydrogen) atoms. The van der Waals surface area contributed by atoms with Crippen LogP contribution in [-0.2, 0) is 40.5 Å². The molecule has 0 bridgehead atoms. The minimum Gasteiger partial charge on any atom is -0.744 e. The molecule has 6 aromatic rings. The standard InChI is InChI=1S/C35H26N4O17S4.4Na/c40-29-15-25(59(51,52)53)11-19-9-23(57(45,46)47)13-27(31(19)29)38-33(42)17-3-1-5-21(7-17)36-35(44)37-22-6-2-4-18(8-22)34(43)39-28-14-24(58(48,49)50)10-20-12-26(60(54,55)56)16-30(41)32(20)28;;;;/h1-16,40-41H,(H,38,42)(H,39,43)(H2,36,37,44)(H,45,46,47)(H,48,49,50)(H,51,52,53)(H,54,55,56);;;;/q;4*+1/p-4. The van der Waals surface area contributed by atoms with E-state index in [-0.39, 0.29) is 152 Å². The first kappa shape index (κ1) is 57.4. The number of fused-ring (bicyclic) bond motifs is 2. The van der Waals surface area contributed by atoms with Gasteiger partial charge >= 0.3 is 124 Å². The number of nitrogens with one attached hydrogen (secondary N) is 4.